The molecule has 5 heteroatoms. The highest BCUT2D eigenvalue weighted by Gasteiger charge is 2.16. The third kappa shape index (κ3) is 3.39. The summed E-state index contributed by atoms with van der Waals surface area (Å²) in [6.45, 7) is 1.52. The van der Waals surface area contributed by atoms with Crippen LogP contribution in [0.1, 0.15) is 5.56 Å². The second-order valence-electron chi connectivity index (χ2n) is 5.49. The van der Waals surface area contributed by atoms with E-state index in [0.717, 1.165) is 35.0 Å². The van der Waals surface area contributed by atoms with Crippen molar-refractivity contribution in [1.82, 2.24) is 0 Å². The van der Waals surface area contributed by atoms with Gasteiger partial charge in [-0.15, -0.1) is 0 Å². The summed E-state index contributed by atoms with van der Waals surface area (Å²) in [4.78, 5) is 14.4. The lowest BCUT2D eigenvalue weighted by Crippen LogP contribution is -2.28. The fraction of sp³-hybridized carbons (Fsp3) is 0.278. The number of amides is 1. The van der Waals surface area contributed by atoms with E-state index in [-0.39, 0.29) is 12.3 Å². The predicted molar refractivity (Wildman–Crippen MR) is 90.5 cm³/mol. The van der Waals surface area contributed by atoms with E-state index in [2.05, 4.69) is 10.2 Å². The van der Waals surface area contributed by atoms with Crippen molar-refractivity contribution in [2.24, 2.45) is 0 Å². The molecule has 2 aromatic rings. The zero-order chi connectivity index (χ0) is 16.2. The number of ether oxygens (including phenoxy) is 2. The van der Waals surface area contributed by atoms with Crippen LogP contribution < -0.4 is 19.7 Å². The second kappa shape index (κ2) is 6.60. The summed E-state index contributed by atoms with van der Waals surface area (Å²) in [6.07, 6.45) is 0.271. The normalized spacial score (nSPS) is 13.0. The van der Waals surface area contributed by atoms with E-state index in [1.807, 2.05) is 49.5 Å². The van der Waals surface area contributed by atoms with E-state index in [4.69, 9.17) is 9.47 Å². The van der Waals surface area contributed by atoms with E-state index in [0.29, 0.717) is 6.61 Å². The Balaban J connectivity index is 1.72. The Morgan fingerprint density at radius 3 is 2.96 bits per heavy atom. The lowest BCUT2D eigenvalue weighted by atomic mass is 10.1. The quantitative estimate of drug-likeness (QED) is 0.943. The molecule has 0 aliphatic carbocycles. The molecule has 0 saturated carbocycles. The van der Waals surface area contributed by atoms with Gasteiger partial charge in [0, 0.05) is 18.3 Å². The Hall–Kier alpha value is -2.69. The molecule has 1 amide bonds. The number of carbonyl (C=O) groups is 1. The van der Waals surface area contributed by atoms with Crippen LogP contribution in [0.5, 0.6) is 11.5 Å². The molecule has 0 unspecified atom stereocenters. The minimum absolute atomic E-state index is 0.0752. The largest absolute Gasteiger partial charge is 0.496 e. The summed E-state index contributed by atoms with van der Waals surface area (Å²) in [5.74, 6) is 1.50. The first-order valence-electron chi connectivity index (χ1n) is 7.57. The number of fused-ring (bicyclic) bond motifs is 1. The molecule has 0 spiro atoms. The number of benzene rings is 2. The summed E-state index contributed by atoms with van der Waals surface area (Å²) in [5, 5.41) is 2.94. The van der Waals surface area contributed by atoms with Crippen molar-refractivity contribution in [2.75, 3.05) is 37.5 Å². The first-order chi connectivity index (χ1) is 11.2. The average molecular weight is 312 g/mol. The number of methoxy groups -OCH3 is 1. The number of nitrogens with one attached hydrogen (secondary N) is 1. The molecule has 5 nitrogen and oxygen atoms in total. The number of nitrogens with zero attached hydrogens (tertiary/aromatic N) is 1. The number of rotatable bonds is 4. The molecule has 1 aliphatic rings. The van der Waals surface area contributed by atoms with Crippen LogP contribution in [0.4, 0.5) is 11.4 Å². The Morgan fingerprint density at radius 1 is 1.30 bits per heavy atom. The van der Waals surface area contributed by atoms with Crippen LogP contribution in [0.25, 0.3) is 0 Å². The van der Waals surface area contributed by atoms with Crippen LogP contribution in [0, 0.1) is 0 Å². The highest BCUT2D eigenvalue weighted by molar-refractivity contribution is 5.93. The fourth-order valence-corrected chi connectivity index (χ4v) is 2.66. The molecule has 0 bridgehead atoms. The number of hydrogen-bond acceptors (Lipinski definition) is 4. The first-order valence-corrected chi connectivity index (χ1v) is 7.57. The van der Waals surface area contributed by atoms with Gasteiger partial charge in [0.15, 0.2) is 0 Å². The fourth-order valence-electron chi connectivity index (χ4n) is 2.66. The molecule has 0 saturated heterocycles. The van der Waals surface area contributed by atoms with Crippen molar-refractivity contribution in [3.05, 3.63) is 48.0 Å². The molecular weight excluding hydrogens is 292 g/mol. The molecule has 1 heterocycles. The summed E-state index contributed by atoms with van der Waals surface area (Å²) in [6, 6.07) is 13.2. The Labute approximate surface area is 135 Å². The number of carbonyl (C=O) groups excluding carboxylic acids is 1. The van der Waals surface area contributed by atoms with Crippen molar-refractivity contribution in [2.45, 2.75) is 6.42 Å². The number of anilines is 2. The van der Waals surface area contributed by atoms with Crippen LogP contribution in [0.2, 0.25) is 0 Å². The summed E-state index contributed by atoms with van der Waals surface area (Å²) in [5.41, 5.74) is 2.62. The molecule has 1 N–H and O–H groups in total. The van der Waals surface area contributed by atoms with Crippen LogP contribution in [0.15, 0.2) is 42.5 Å². The van der Waals surface area contributed by atoms with Gasteiger partial charge in [-0.3, -0.25) is 4.79 Å². The van der Waals surface area contributed by atoms with Gasteiger partial charge < -0.3 is 19.7 Å². The Morgan fingerprint density at radius 2 is 2.13 bits per heavy atom. The molecule has 0 atom stereocenters. The van der Waals surface area contributed by atoms with Crippen molar-refractivity contribution in [3.8, 4) is 11.5 Å². The van der Waals surface area contributed by atoms with Gasteiger partial charge in [-0.2, -0.15) is 0 Å². The standard InChI is InChI=1S/C18H20N2O3/c1-20-9-10-23-17-8-7-14(12-15(17)20)19-18(21)11-13-5-3-4-6-16(13)22-2/h3-8,12H,9-11H2,1-2H3,(H,19,21). The van der Waals surface area contributed by atoms with E-state index >= 15 is 0 Å². The van der Waals surface area contributed by atoms with Gasteiger partial charge in [0.05, 0.1) is 25.8 Å². The van der Waals surface area contributed by atoms with Gasteiger partial charge in [-0.05, 0) is 24.3 Å². The average Bonchev–Trinajstić information content (AvgIpc) is 2.56. The van der Waals surface area contributed by atoms with Gasteiger partial charge in [0.2, 0.25) is 5.91 Å². The zero-order valence-electron chi connectivity index (χ0n) is 13.3. The van der Waals surface area contributed by atoms with Gasteiger partial charge >= 0.3 is 0 Å². The van der Waals surface area contributed by atoms with E-state index in [1.165, 1.54) is 0 Å². The molecule has 2 aromatic carbocycles. The molecule has 1 aliphatic heterocycles. The van der Waals surface area contributed by atoms with Crippen molar-refractivity contribution < 1.29 is 14.3 Å². The summed E-state index contributed by atoms with van der Waals surface area (Å²) < 4.78 is 10.9. The Bertz CT molecular complexity index is 715. The zero-order valence-corrected chi connectivity index (χ0v) is 13.3. The number of likely N-dealkylation sites (N-methyl/N-ethyl adjacent to an activating group) is 1. The summed E-state index contributed by atoms with van der Waals surface area (Å²) >= 11 is 0. The van der Waals surface area contributed by atoms with E-state index in [9.17, 15) is 4.79 Å². The highest BCUT2D eigenvalue weighted by Crippen LogP contribution is 2.33. The van der Waals surface area contributed by atoms with Gasteiger partial charge in [0.25, 0.3) is 0 Å². The number of para-hydroxylation sites is 1. The predicted octanol–water partition coefficient (Wildman–Crippen LogP) is 2.71. The molecular formula is C18H20N2O3. The molecule has 0 radical (unpaired) electrons. The van der Waals surface area contributed by atoms with Crippen LogP contribution in [-0.4, -0.2) is 33.2 Å². The van der Waals surface area contributed by atoms with Crippen LogP contribution >= 0.6 is 0 Å². The maximum absolute atomic E-state index is 12.3. The number of hydrogen-bond donors (Lipinski definition) is 1. The van der Waals surface area contributed by atoms with E-state index in [1.54, 1.807) is 7.11 Å². The Kier molecular flexibility index (Phi) is 4.37. The third-order valence-electron chi connectivity index (χ3n) is 3.88. The van der Waals surface area contributed by atoms with Gasteiger partial charge in [-0.1, -0.05) is 18.2 Å². The highest BCUT2D eigenvalue weighted by atomic mass is 16.5. The third-order valence-corrected chi connectivity index (χ3v) is 3.88. The molecule has 0 fully saturated rings. The second-order valence-corrected chi connectivity index (χ2v) is 5.49. The smallest absolute Gasteiger partial charge is 0.228 e. The first kappa shape index (κ1) is 15.2. The molecule has 120 valence electrons. The van der Waals surface area contributed by atoms with Crippen LogP contribution in [0.3, 0.4) is 0 Å². The van der Waals surface area contributed by atoms with Gasteiger partial charge in [-0.25, -0.2) is 0 Å². The van der Waals surface area contributed by atoms with Crippen molar-refractivity contribution in [1.29, 1.82) is 0 Å². The van der Waals surface area contributed by atoms with Gasteiger partial charge in [0.1, 0.15) is 18.1 Å². The maximum atomic E-state index is 12.3. The molecule has 0 aromatic heterocycles. The molecule has 3 rings (SSSR count). The van der Waals surface area contributed by atoms with E-state index < -0.39 is 0 Å². The minimum atomic E-state index is -0.0752. The minimum Gasteiger partial charge on any atom is -0.496 e. The lowest BCUT2D eigenvalue weighted by molar-refractivity contribution is -0.115. The topological polar surface area (TPSA) is 50.8 Å². The lowest BCUT2D eigenvalue weighted by Gasteiger charge is -2.28. The SMILES string of the molecule is COc1ccccc1CC(=O)Nc1ccc2c(c1)N(C)CCO2. The molecule has 23 heavy (non-hydrogen) atoms. The summed E-state index contributed by atoms with van der Waals surface area (Å²) in [7, 11) is 3.62. The maximum Gasteiger partial charge on any atom is 0.228 e. The van der Waals surface area contributed by atoms with Crippen molar-refractivity contribution >= 4 is 17.3 Å². The van der Waals surface area contributed by atoms with Crippen molar-refractivity contribution in [3.63, 3.8) is 0 Å². The van der Waals surface area contributed by atoms with Crippen LogP contribution in [-0.2, 0) is 11.2 Å². The monoisotopic (exact) mass is 312 g/mol.